The minimum absolute atomic E-state index is 0.00287. The second-order valence-electron chi connectivity index (χ2n) is 7.38. The first kappa shape index (κ1) is 16.3. The molecular weight excluding hydrogens is 248 g/mol. The topological polar surface area (TPSA) is 18.5 Å². The highest BCUT2D eigenvalue weighted by molar-refractivity contribution is 4.99. The zero-order valence-electron chi connectivity index (χ0n) is 14.0. The molecule has 118 valence electrons. The van der Waals surface area contributed by atoms with Crippen LogP contribution < -0.4 is 0 Å². The van der Waals surface area contributed by atoms with Gasteiger partial charge in [0.2, 0.25) is 0 Å². The monoisotopic (exact) mass is 282 g/mol. The van der Waals surface area contributed by atoms with Gasteiger partial charge in [0.25, 0.3) is 0 Å². The van der Waals surface area contributed by atoms with E-state index in [2.05, 4.69) is 27.7 Å². The molecule has 2 nitrogen and oxygen atoms in total. The summed E-state index contributed by atoms with van der Waals surface area (Å²) in [4.78, 5) is 0. The Morgan fingerprint density at radius 2 is 1.45 bits per heavy atom. The maximum absolute atomic E-state index is 6.61. The van der Waals surface area contributed by atoms with Crippen molar-refractivity contribution in [2.75, 3.05) is 0 Å². The molecule has 20 heavy (non-hydrogen) atoms. The highest BCUT2D eigenvalue weighted by Crippen LogP contribution is 2.46. The van der Waals surface area contributed by atoms with Gasteiger partial charge in [0, 0.05) is 0 Å². The first-order valence-electron chi connectivity index (χ1n) is 8.88. The first-order chi connectivity index (χ1) is 9.54. The number of hydrogen-bond donors (Lipinski definition) is 0. The predicted molar refractivity (Wildman–Crippen MR) is 84.0 cm³/mol. The van der Waals surface area contributed by atoms with Crippen LogP contribution in [0.5, 0.6) is 0 Å². The standard InChI is InChI=1S/C18H34O2/c1-14(2)19-17-12-8-9-13-18(17,20-15(3)4)16-10-6-5-7-11-16/h14-17H,5-13H2,1-4H3. The van der Waals surface area contributed by atoms with Gasteiger partial charge in [-0.05, 0) is 59.3 Å². The largest absolute Gasteiger partial charge is 0.373 e. The van der Waals surface area contributed by atoms with E-state index in [-0.39, 0.29) is 5.60 Å². The normalized spacial score (nSPS) is 33.0. The second kappa shape index (κ2) is 7.26. The minimum Gasteiger partial charge on any atom is -0.373 e. The third-order valence-corrected chi connectivity index (χ3v) is 5.02. The predicted octanol–water partition coefficient (Wildman–Crippen LogP) is 5.10. The van der Waals surface area contributed by atoms with Gasteiger partial charge in [-0.15, -0.1) is 0 Å². The van der Waals surface area contributed by atoms with E-state index >= 15 is 0 Å². The number of ether oxygens (including phenoxy) is 2. The first-order valence-corrected chi connectivity index (χ1v) is 8.88. The summed E-state index contributed by atoms with van der Waals surface area (Å²) in [7, 11) is 0. The lowest BCUT2D eigenvalue weighted by Crippen LogP contribution is -2.56. The third kappa shape index (κ3) is 3.76. The van der Waals surface area contributed by atoms with Crippen molar-refractivity contribution >= 4 is 0 Å². The van der Waals surface area contributed by atoms with Crippen molar-refractivity contribution in [2.45, 2.75) is 109 Å². The molecule has 0 aromatic heterocycles. The van der Waals surface area contributed by atoms with Crippen molar-refractivity contribution in [3.63, 3.8) is 0 Å². The molecule has 0 spiro atoms. The minimum atomic E-state index is -0.00287. The van der Waals surface area contributed by atoms with E-state index in [9.17, 15) is 0 Å². The molecule has 2 saturated carbocycles. The van der Waals surface area contributed by atoms with Crippen molar-refractivity contribution < 1.29 is 9.47 Å². The summed E-state index contributed by atoms with van der Waals surface area (Å²) in [5.74, 6) is 0.711. The summed E-state index contributed by atoms with van der Waals surface area (Å²) in [6.07, 6.45) is 12.7. The highest BCUT2D eigenvalue weighted by Gasteiger charge is 2.49. The molecule has 0 radical (unpaired) electrons. The summed E-state index contributed by atoms with van der Waals surface area (Å²) in [6, 6.07) is 0. The zero-order chi connectivity index (χ0) is 14.6. The lowest BCUT2D eigenvalue weighted by Gasteiger charge is -2.51. The summed E-state index contributed by atoms with van der Waals surface area (Å²) in [5.41, 5.74) is -0.00287. The lowest BCUT2D eigenvalue weighted by molar-refractivity contribution is -0.222. The van der Waals surface area contributed by atoms with Gasteiger partial charge in [0.15, 0.2) is 0 Å². The van der Waals surface area contributed by atoms with Gasteiger partial charge in [-0.2, -0.15) is 0 Å². The van der Waals surface area contributed by atoms with E-state index < -0.39 is 0 Å². The number of hydrogen-bond acceptors (Lipinski definition) is 2. The Morgan fingerprint density at radius 3 is 2.05 bits per heavy atom. The molecule has 2 unspecified atom stereocenters. The van der Waals surface area contributed by atoms with Crippen LogP contribution in [-0.4, -0.2) is 23.9 Å². The second-order valence-corrected chi connectivity index (χ2v) is 7.38. The van der Waals surface area contributed by atoms with E-state index in [4.69, 9.17) is 9.47 Å². The van der Waals surface area contributed by atoms with Crippen LogP contribution >= 0.6 is 0 Å². The van der Waals surface area contributed by atoms with Crippen molar-refractivity contribution in [3.05, 3.63) is 0 Å². The average molecular weight is 282 g/mol. The van der Waals surface area contributed by atoms with Gasteiger partial charge in [0.05, 0.1) is 23.9 Å². The maximum atomic E-state index is 6.61. The van der Waals surface area contributed by atoms with Crippen LogP contribution in [0, 0.1) is 5.92 Å². The highest BCUT2D eigenvalue weighted by atomic mass is 16.6. The molecule has 0 aliphatic heterocycles. The molecule has 0 N–H and O–H groups in total. The Bertz CT molecular complexity index is 281. The van der Waals surface area contributed by atoms with Crippen LogP contribution in [-0.2, 0) is 9.47 Å². The van der Waals surface area contributed by atoms with Crippen molar-refractivity contribution in [2.24, 2.45) is 5.92 Å². The van der Waals surface area contributed by atoms with Gasteiger partial charge < -0.3 is 9.47 Å². The Hall–Kier alpha value is -0.0800. The van der Waals surface area contributed by atoms with Gasteiger partial charge in [-0.25, -0.2) is 0 Å². The van der Waals surface area contributed by atoms with E-state index in [1.807, 2.05) is 0 Å². The van der Waals surface area contributed by atoms with Gasteiger partial charge in [-0.1, -0.05) is 32.1 Å². The zero-order valence-corrected chi connectivity index (χ0v) is 14.0. The molecule has 0 amide bonds. The van der Waals surface area contributed by atoms with Crippen molar-refractivity contribution in [1.82, 2.24) is 0 Å². The van der Waals surface area contributed by atoms with E-state index in [1.165, 1.54) is 57.8 Å². The van der Waals surface area contributed by atoms with Crippen molar-refractivity contribution in [1.29, 1.82) is 0 Å². The van der Waals surface area contributed by atoms with Gasteiger partial charge in [-0.3, -0.25) is 0 Å². The molecule has 0 heterocycles. The quantitative estimate of drug-likeness (QED) is 0.698. The molecule has 2 heteroatoms. The van der Waals surface area contributed by atoms with Gasteiger partial charge in [0.1, 0.15) is 0 Å². The van der Waals surface area contributed by atoms with E-state index in [1.54, 1.807) is 0 Å². The van der Waals surface area contributed by atoms with Crippen LogP contribution in [0.4, 0.5) is 0 Å². The Balaban J connectivity index is 2.20. The summed E-state index contributed by atoms with van der Waals surface area (Å²) in [6.45, 7) is 8.70. The smallest absolute Gasteiger partial charge is 0.0974 e. The molecule has 0 saturated heterocycles. The van der Waals surface area contributed by atoms with Gasteiger partial charge >= 0.3 is 0 Å². The molecule has 0 aromatic carbocycles. The maximum Gasteiger partial charge on any atom is 0.0974 e. The van der Waals surface area contributed by atoms with Crippen LogP contribution in [0.15, 0.2) is 0 Å². The third-order valence-electron chi connectivity index (χ3n) is 5.02. The molecule has 2 atom stereocenters. The summed E-state index contributed by atoms with van der Waals surface area (Å²) >= 11 is 0. The molecule has 0 bridgehead atoms. The van der Waals surface area contributed by atoms with E-state index in [0.717, 1.165) is 0 Å². The molecule has 2 fully saturated rings. The average Bonchev–Trinajstić information content (AvgIpc) is 2.41. The fraction of sp³-hybridized carbons (Fsp3) is 1.00. The summed E-state index contributed by atoms with van der Waals surface area (Å²) in [5, 5.41) is 0. The molecular formula is C18H34O2. The Labute approximate surface area is 125 Å². The fourth-order valence-electron chi connectivity index (χ4n) is 4.38. The SMILES string of the molecule is CC(C)OC1CCCCC1(OC(C)C)C1CCCCC1. The molecule has 2 aliphatic carbocycles. The van der Waals surface area contributed by atoms with Crippen LogP contribution in [0.3, 0.4) is 0 Å². The Morgan fingerprint density at radius 1 is 0.800 bits per heavy atom. The van der Waals surface area contributed by atoms with Crippen LogP contribution in [0.1, 0.15) is 85.5 Å². The fourth-order valence-corrected chi connectivity index (χ4v) is 4.38. The lowest BCUT2D eigenvalue weighted by atomic mass is 9.68. The van der Waals surface area contributed by atoms with E-state index in [0.29, 0.717) is 24.2 Å². The molecule has 2 rings (SSSR count). The summed E-state index contributed by atoms with van der Waals surface area (Å²) < 4.78 is 12.9. The molecule has 0 aromatic rings. The van der Waals surface area contributed by atoms with Crippen LogP contribution in [0.25, 0.3) is 0 Å². The Kier molecular flexibility index (Phi) is 5.92. The number of rotatable bonds is 5. The molecule has 2 aliphatic rings. The van der Waals surface area contributed by atoms with Crippen LogP contribution in [0.2, 0.25) is 0 Å². The van der Waals surface area contributed by atoms with Crippen molar-refractivity contribution in [3.8, 4) is 0 Å².